The summed E-state index contributed by atoms with van der Waals surface area (Å²) in [7, 11) is 0. The lowest BCUT2D eigenvalue weighted by atomic mass is 9.74. The summed E-state index contributed by atoms with van der Waals surface area (Å²) in [5, 5.41) is 8.92. The molecule has 0 radical (unpaired) electrons. The van der Waals surface area contributed by atoms with Gasteiger partial charge in [0, 0.05) is 6.42 Å². The summed E-state index contributed by atoms with van der Waals surface area (Å²) in [5.74, 6) is -0.642. The van der Waals surface area contributed by atoms with Crippen LogP contribution in [-0.4, -0.2) is 16.9 Å². The topological polar surface area (TPSA) is 54.4 Å². The van der Waals surface area contributed by atoms with Gasteiger partial charge in [0.25, 0.3) is 0 Å². The van der Waals surface area contributed by atoms with Crippen LogP contribution >= 0.6 is 0 Å². The van der Waals surface area contributed by atoms with E-state index < -0.39 is 5.97 Å². The average molecular weight is 212 g/mol. The summed E-state index contributed by atoms with van der Waals surface area (Å²) in [5.41, 5.74) is -0.242. The van der Waals surface area contributed by atoms with Crippen LogP contribution in [0.5, 0.6) is 0 Å². The predicted octanol–water partition coefficient (Wildman–Crippen LogP) is 2.78. The average Bonchev–Trinajstić information content (AvgIpc) is 2.27. The Labute approximate surface area is 90.9 Å². The molecule has 0 saturated heterocycles. The molecule has 3 heteroatoms. The van der Waals surface area contributed by atoms with E-state index >= 15 is 0 Å². The molecule has 1 rings (SSSR count). The zero-order valence-electron chi connectivity index (χ0n) is 9.42. The predicted molar refractivity (Wildman–Crippen MR) is 57.7 cm³/mol. The molecule has 0 amide bonds. The molecule has 0 unspecified atom stereocenters. The molecule has 1 saturated carbocycles. The second kappa shape index (κ2) is 5.29. The smallest absolute Gasteiger partial charge is 0.303 e. The summed E-state index contributed by atoms with van der Waals surface area (Å²) in [6.45, 7) is 1.56. The number of hydrogen-bond acceptors (Lipinski definition) is 2. The van der Waals surface area contributed by atoms with E-state index in [1.165, 1.54) is 12.8 Å². The molecule has 0 atom stereocenters. The molecule has 0 aromatic carbocycles. The first-order chi connectivity index (χ1) is 7.04. The van der Waals surface area contributed by atoms with Gasteiger partial charge in [0.2, 0.25) is 0 Å². The van der Waals surface area contributed by atoms with Crippen molar-refractivity contribution in [2.45, 2.75) is 58.3 Å². The van der Waals surface area contributed by atoms with Gasteiger partial charge < -0.3 is 9.90 Å². The maximum atomic E-state index is 11.2. The van der Waals surface area contributed by atoms with Crippen molar-refractivity contribution in [1.29, 1.82) is 0 Å². The van der Waals surface area contributed by atoms with Crippen molar-refractivity contribution < 1.29 is 14.7 Å². The number of hydrogen-bond donors (Lipinski definition) is 1. The fourth-order valence-electron chi connectivity index (χ4n) is 2.74. The third-order valence-corrected chi connectivity index (χ3v) is 3.31. The van der Waals surface area contributed by atoms with Gasteiger partial charge in [0.05, 0.1) is 6.42 Å². The van der Waals surface area contributed by atoms with Gasteiger partial charge >= 0.3 is 5.97 Å². The van der Waals surface area contributed by atoms with Crippen LogP contribution in [-0.2, 0) is 9.59 Å². The molecule has 0 aromatic rings. The molecule has 0 aromatic heterocycles. The van der Waals surface area contributed by atoms with Crippen molar-refractivity contribution in [2.24, 2.45) is 5.41 Å². The Morgan fingerprint density at radius 3 is 2.00 bits per heavy atom. The number of rotatable bonds is 4. The number of carboxylic acids is 1. The Bertz CT molecular complexity index is 219. The Hall–Kier alpha value is -0.860. The number of carbonyl (C=O) groups excluding carboxylic acids is 1. The number of aliphatic carboxylic acids is 1. The van der Waals surface area contributed by atoms with Crippen LogP contribution < -0.4 is 0 Å². The van der Waals surface area contributed by atoms with Gasteiger partial charge in [-0.05, 0) is 25.2 Å². The standard InChI is InChI=1S/C12H20O3/c1-10(13)8-12(9-11(14)15)6-4-2-3-5-7-12/h2-9H2,1H3,(H,14,15). The largest absolute Gasteiger partial charge is 0.481 e. The van der Waals surface area contributed by atoms with Crippen LogP contribution in [0.15, 0.2) is 0 Å². The Morgan fingerprint density at radius 2 is 1.60 bits per heavy atom. The maximum Gasteiger partial charge on any atom is 0.303 e. The summed E-state index contributed by atoms with van der Waals surface area (Å²) in [6, 6.07) is 0. The number of Topliss-reactive ketones (excluding diaryl/α,β-unsaturated/α-hetero) is 1. The lowest BCUT2D eigenvalue weighted by Gasteiger charge is -2.30. The molecule has 0 spiro atoms. The van der Waals surface area contributed by atoms with Crippen LogP contribution in [0.25, 0.3) is 0 Å². The third-order valence-electron chi connectivity index (χ3n) is 3.31. The molecule has 1 N–H and O–H groups in total. The van der Waals surface area contributed by atoms with Gasteiger partial charge in [-0.15, -0.1) is 0 Å². The second-order valence-electron chi connectivity index (χ2n) is 4.86. The van der Waals surface area contributed by atoms with E-state index in [1.54, 1.807) is 6.92 Å². The van der Waals surface area contributed by atoms with Crippen LogP contribution in [0.3, 0.4) is 0 Å². The fraction of sp³-hybridized carbons (Fsp3) is 0.833. The molecule has 1 aliphatic rings. The highest BCUT2D eigenvalue weighted by Crippen LogP contribution is 2.41. The highest BCUT2D eigenvalue weighted by molar-refractivity contribution is 5.77. The molecule has 3 nitrogen and oxygen atoms in total. The van der Waals surface area contributed by atoms with Crippen LogP contribution in [0, 0.1) is 5.41 Å². The molecule has 0 aliphatic heterocycles. The van der Waals surface area contributed by atoms with Crippen molar-refractivity contribution in [3.63, 3.8) is 0 Å². The highest BCUT2D eigenvalue weighted by atomic mass is 16.4. The monoisotopic (exact) mass is 212 g/mol. The Morgan fingerprint density at radius 1 is 1.07 bits per heavy atom. The van der Waals surface area contributed by atoms with Crippen LogP contribution in [0.4, 0.5) is 0 Å². The first-order valence-corrected chi connectivity index (χ1v) is 5.75. The van der Waals surface area contributed by atoms with Gasteiger partial charge in [-0.25, -0.2) is 0 Å². The van der Waals surface area contributed by atoms with Crippen molar-refractivity contribution in [2.75, 3.05) is 0 Å². The molecule has 15 heavy (non-hydrogen) atoms. The number of carbonyl (C=O) groups is 2. The number of ketones is 1. The van der Waals surface area contributed by atoms with Gasteiger partial charge in [-0.3, -0.25) is 4.79 Å². The van der Waals surface area contributed by atoms with E-state index in [-0.39, 0.29) is 17.6 Å². The lowest BCUT2D eigenvalue weighted by molar-refractivity contribution is -0.140. The summed E-state index contributed by atoms with van der Waals surface area (Å²) in [6.07, 6.45) is 6.91. The van der Waals surface area contributed by atoms with Crippen molar-refractivity contribution in [3.8, 4) is 0 Å². The summed E-state index contributed by atoms with van der Waals surface area (Å²) < 4.78 is 0. The Balaban J connectivity index is 2.72. The molecular weight excluding hydrogens is 192 g/mol. The van der Waals surface area contributed by atoms with Crippen molar-refractivity contribution >= 4 is 11.8 Å². The first kappa shape index (κ1) is 12.2. The highest BCUT2D eigenvalue weighted by Gasteiger charge is 2.34. The zero-order valence-corrected chi connectivity index (χ0v) is 9.42. The van der Waals surface area contributed by atoms with E-state index in [1.807, 2.05) is 0 Å². The van der Waals surface area contributed by atoms with Gasteiger partial charge in [-0.1, -0.05) is 25.7 Å². The van der Waals surface area contributed by atoms with E-state index in [2.05, 4.69) is 0 Å². The zero-order chi connectivity index (χ0) is 11.3. The van der Waals surface area contributed by atoms with Crippen molar-refractivity contribution in [1.82, 2.24) is 0 Å². The van der Waals surface area contributed by atoms with Gasteiger partial charge in [-0.2, -0.15) is 0 Å². The Kier molecular flexibility index (Phi) is 4.30. The number of carboxylic acid groups (broad SMARTS) is 1. The summed E-state index contributed by atoms with van der Waals surface area (Å²) in [4.78, 5) is 22.1. The van der Waals surface area contributed by atoms with Gasteiger partial charge in [0.1, 0.15) is 5.78 Å². The molecular formula is C12H20O3. The minimum absolute atomic E-state index is 0.123. The van der Waals surface area contributed by atoms with Crippen molar-refractivity contribution in [3.05, 3.63) is 0 Å². The molecule has 0 heterocycles. The normalized spacial score (nSPS) is 20.6. The first-order valence-electron chi connectivity index (χ1n) is 5.75. The van der Waals surface area contributed by atoms with E-state index in [0.29, 0.717) is 6.42 Å². The SMILES string of the molecule is CC(=O)CC1(CC(=O)O)CCCCCC1. The fourth-order valence-corrected chi connectivity index (χ4v) is 2.74. The lowest BCUT2D eigenvalue weighted by Crippen LogP contribution is -2.26. The minimum atomic E-state index is -0.766. The van der Waals surface area contributed by atoms with E-state index in [0.717, 1.165) is 25.7 Å². The van der Waals surface area contributed by atoms with Crippen LogP contribution in [0.1, 0.15) is 58.3 Å². The second-order valence-corrected chi connectivity index (χ2v) is 4.86. The molecule has 0 bridgehead atoms. The van der Waals surface area contributed by atoms with E-state index in [4.69, 9.17) is 5.11 Å². The van der Waals surface area contributed by atoms with E-state index in [9.17, 15) is 9.59 Å². The maximum absolute atomic E-state index is 11.2. The minimum Gasteiger partial charge on any atom is -0.481 e. The third kappa shape index (κ3) is 4.02. The molecule has 86 valence electrons. The quantitative estimate of drug-likeness (QED) is 0.729. The summed E-state index contributed by atoms with van der Waals surface area (Å²) >= 11 is 0. The molecule has 1 fully saturated rings. The van der Waals surface area contributed by atoms with Crippen LogP contribution in [0.2, 0.25) is 0 Å². The molecule has 1 aliphatic carbocycles. The van der Waals surface area contributed by atoms with Gasteiger partial charge in [0.15, 0.2) is 0 Å².